The second-order valence-corrected chi connectivity index (χ2v) is 11.8. The van der Waals surface area contributed by atoms with Crippen molar-refractivity contribution in [1.82, 2.24) is 10.2 Å². The summed E-state index contributed by atoms with van der Waals surface area (Å²) in [5.41, 5.74) is 5.98. The number of nitrogens with one attached hydrogen (secondary N) is 1. The van der Waals surface area contributed by atoms with Gasteiger partial charge in [-0.1, -0.05) is 79.2 Å². The van der Waals surface area contributed by atoms with Gasteiger partial charge in [0.2, 0.25) is 5.91 Å². The maximum absolute atomic E-state index is 12.4. The molecular formula is C36H44N2O7. The second-order valence-electron chi connectivity index (χ2n) is 11.8. The SMILES string of the molecule is O=C(O)CCCCCC(=O)NCc1ccccc1-c1ccc([C@H]2O[C@@H](CN3CCOCC3)C[C@@H](c3ccc(CO)cc3)O2)cc1. The van der Waals surface area contributed by atoms with Gasteiger partial charge in [-0.25, -0.2) is 0 Å². The Kier molecular flexibility index (Phi) is 12.1. The summed E-state index contributed by atoms with van der Waals surface area (Å²) in [7, 11) is 0. The largest absolute Gasteiger partial charge is 0.481 e. The smallest absolute Gasteiger partial charge is 0.303 e. The van der Waals surface area contributed by atoms with Gasteiger partial charge in [0.05, 0.1) is 32.0 Å². The molecule has 0 unspecified atom stereocenters. The van der Waals surface area contributed by atoms with Crippen LogP contribution in [0, 0.1) is 0 Å². The number of rotatable bonds is 14. The summed E-state index contributed by atoms with van der Waals surface area (Å²) in [6, 6.07) is 24.2. The van der Waals surface area contributed by atoms with E-state index < -0.39 is 12.3 Å². The molecule has 3 aromatic rings. The number of aliphatic hydroxyl groups excluding tert-OH is 1. The molecule has 45 heavy (non-hydrogen) atoms. The Balaban J connectivity index is 1.24. The number of carbonyl (C=O) groups is 2. The number of carboxylic acids is 1. The maximum Gasteiger partial charge on any atom is 0.303 e. The molecule has 2 aliphatic rings. The summed E-state index contributed by atoms with van der Waals surface area (Å²) in [5.74, 6) is -0.834. The number of carbonyl (C=O) groups excluding carboxylic acids is 1. The molecule has 5 rings (SSSR count). The number of carboxylic acid groups (broad SMARTS) is 1. The third kappa shape index (κ3) is 9.69. The van der Waals surface area contributed by atoms with E-state index in [1.54, 1.807) is 0 Å². The highest BCUT2D eigenvalue weighted by atomic mass is 16.7. The number of nitrogens with zero attached hydrogens (tertiary/aromatic N) is 1. The van der Waals surface area contributed by atoms with Crippen LogP contribution in [0.3, 0.4) is 0 Å². The predicted octanol–water partition coefficient (Wildman–Crippen LogP) is 5.37. The predicted molar refractivity (Wildman–Crippen MR) is 170 cm³/mol. The van der Waals surface area contributed by atoms with Gasteiger partial charge in [-0.05, 0) is 40.7 Å². The number of aliphatic carboxylic acids is 1. The zero-order valence-electron chi connectivity index (χ0n) is 25.7. The van der Waals surface area contributed by atoms with Gasteiger partial charge in [0.15, 0.2) is 6.29 Å². The minimum absolute atomic E-state index is 0.00875. The summed E-state index contributed by atoms with van der Waals surface area (Å²) in [6.07, 6.45) is 2.59. The topological polar surface area (TPSA) is 118 Å². The van der Waals surface area contributed by atoms with Crippen LogP contribution in [-0.2, 0) is 37.0 Å². The third-order valence-electron chi connectivity index (χ3n) is 8.46. The second kappa shape index (κ2) is 16.6. The monoisotopic (exact) mass is 616 g/mol. The normalized spacial score (nSPS) is 20.5. The highest BCUT2D eigenvalue weighted by Crippen LogP contribution is 2.39. The van der Waals surface area contributed by atoms with Crippen molar-refractivity contribution in [3.63, 3.8) is 0 Å². The van der Waals surface area contributed by atoms with Gasteiger partial charge in [0.1, 0.15) is 0 Å². The molecule has 2 aliphatic heterocycles. The van der Waals surface area contributed by atoms with Crippen LogP contribution in [0.2, 0.25) is 0 Å². The van der Waals surface area contributed by atoms with Gasteiger partial charge in [0.25, 0.3) is 0 Å². The Morgan fingerprint density at radius 1 is 0.844 bits per heavy atom. The Hall–Kier alpha value is -3.60. The van der Waals surface area contributed by atoms with Gasteiger partial charge < -0.3 is 29.7 Å². The molecule has 9 heteroatoms. The number of hydrogen-bond donors (Lipinski definition) is 3. The molecule has 0 spiro atoms. The van der Waals surface area contributed by atoms with Crippen molar-refractivity contribution in [2.45, 2.75) is 70.2 Å². The lowest BCUT2D eigenvalue weighted by Gasteiger charge is -2.39. The van der Waals surface area contributed by atoms with Crippen molar-refractivity contribution in [3.8, 4) is 11.1 Å². The Morgan fingerprint density at radius 3 is 2.29 bits per heavy atom. The van der Waals surface area contributed by atoms with E-state index in [4.69, 9.17) is 19.3 Å². The first kappa shape index (κ1) is 32.8. The summed E-state index contributed by atoms with van der Waals surface area (Å²) >= 11 is 0. The molecule has 0 saturated carbocycles. The molecular weight excluding hydrogens is 572 g/mol. The van der Waals surface area contributed by atoms with Gasteiger partial charge in [-0.2, -0.15) is 0 Å². The number of unbranched alkanes of at least 4 members (excludes halogenated alkanes) is 2. The number of amides is 1. The van der Waals surface area contributed by atoms with E-state index in [0.717, 1.165) is 79.1 Å². The molecule has 3 N–H and O–H groups in total. The zero-order chi connectivity index (χ0) is 31.4. The quantitative estimate of drug-likeness (QED) is 0.207. The first-order valence-corrected chi connectivity index (χ1v) is 16.0. The molecule has 0 bridgehead atoms. The zero-order valence-corrected chi connectivity index (χ0v) is 25.7. The standard InChI is InChI=1S/C36H44N2O7/c39-25-26-10-12-28(13-11-26)33-22-31(24-38-18-20-43-21-19-38)44-36(45-33)29-16-14-27(15-17-29)32-7-5-4-6-30(32)23-37-34(40)8-2-1-3-9-35(41)42/h4-7,10-17,31,33,36,39H,1-3,8-9,18-25H2,(H,37,40)(H,41,42)/t31-,33+,36+/m1/s1. The van der Waals surface area contributed by atoms with Crippen molar-refractivity contribution in [1.29, 1.82) is 0 Å². The van der Waals surface area contributed by atoms with Gasteiger partial charge in [-0.3, -0.25) is 14.5 Å². The fraction of sp³-hybridized carbons (Fsp3) is 0.444. The average molecular weight is 617 g/mol. The van der Waals surface area contributed by atoms with Gasteiger partial charge >= 0.3 is 5.97 Å². The molecule has 3 aromatic carbocycles. The van der Waals surface area contributed by atoms with Crippen molar-refractivity contribution < 1.29 is 34.0 Å². The van der Waals surface area contributed by atoms with Crippen LogP contribution in [0.4, 0.5) is 0 Å². The van der Waals surface area contributed by atoms with Crippen LogP contribution in [0.5, 0.6) is 0 Å². The van der Waals surface area contributed by atoms with E-state index in [9.17, 15) is 14.7 Å². The summed E-state index contributed by atoms with van der Waals surface area (Å²) in [6.45, 7) is 4.49. The average Bonchev–Trinajstić information content (AvgIpc) is 3.07. The summed E-state index contributed by atoms with van der Waals surface area (Å²) < 4.78 is 18.6. The number of hydrogen-bond acceptors (Lipinski definition) is 7. The lowest BCUT2D eigenvalue weighted by Crippen LogP contribution is -2.44. The number of benzene rings is 3. The first-order chi connectivity index (χ1) is 22.0. The molecule has 9 nitrogen and oxygen atoms in total. The van der Waals surface area contributed by atoms with Crippen LogP contribution in [0.1, 0.15) is 73.2 Å². The molecule has 0 aromatic heterocycles. The minimum atomic E-state index is -0.801. The summed E-state index contributed by atoms with van der Waals surface area (Å²) in [4.78, 5) is 25.5. The van der Waals surface area contributed by atoms with Crippen LogP contribution >= 0.6 is 0 Å². The fourth-order valence-corrected chi connectivity index (χ4v) is 5.90. The van der Waals surface area contributed by atoms with Crippen molar-refractivity contribution in [3.05, 3.63) is 95.1 Å². The number of morpholine rings is 1. The highest BCUT2D eigenvalue weighted by Gasteiger charge is 2.33. The lowest BCUT2D eigenvalue weighted by molar-refractivity contribution is -0.253. The molecule has 2 fully saturated rings. The van der Waals surface area contributed by atoms with Crippen molar-refractivity contribution >= 4 is 11.9 Å². The van der Waals surface area contributed by atoms with Crippen LogP contribution < -0.4 is 5.32 Å². The van der Waals surface area contributed by atoms with E-state index in [1.165, 1.54) is 0 Å². The van der Waals surface area contributed by atoms with Crippen LogP contribution in [0.25, 0.3) is 11.1 Å². The molecule has 0 radical (unpaired) electrons. The van der Waals surface area contributed by atoms with Crippen LogP contribution in [0.15, 0.2) is 72.8 Å². The Labute approximate surface area is 265 Å². The Morgan fingerprint density at radius 2 is 1.56 bits per heavy atom. The number of ether oxygens (including phenoxy) is 3. The van der Waals surface area contributed by atoms with Gasteiger partial charge in [0, 0.05) is 51.0 Å². The molecule has 2 heterocycles. The third-order valence-corrected chi connectivity index (χ3v) is 8.46. The minimum Gasteiger partial charge on any atom is -0.481 e. The number of aliphatic hydroxyl groups is 1. The van der Waals surface area contributed by atoms with Crippen molar-refractivity contribution in [2.75, 3.05) is 32.8 Å². The maximum atomic E-state index is 12.4. The fourth-order valence-electron chi connectivity index (χ4n) is 5.90. The molecule has 1 amide bonds. The van der Waals surface area contributed by atoms with Gasteiger partial charge in [-0.15, -0.1) is 0 Å². The lowest BCUT2D eigenvalue weighted by atomic mass is 9.97. The molecule has 0 aliphatic carbocycles. The first-order valence-electron chi connectivity index (χ1n) is 16.0. The summed E-state index contributed by atoms with van der Waals surface area (Å²) in [5, 5.41) is 21.3. The highest BCUT2D eigenvalue weighted by molar-refractivity contribution is 5.76. The molecule has 240 valence electrons. The van der Waals surface area contributed by atoms with E-state index in [1.807, 2.05) is 42.5 Å². The Bertz CT molecular complexity index is 1370. The molecule has 2 saturated heterocycles. The van der Waals surface area contributed by atoms with E-state index in [-0.39, 0.29) is 31.1 Å². The van der Waals surface area contributed by atoms with Crippen LogP contribution in [-0.4, -0.2) is 65.9 Å². The van der Waals surface area contributed by atoms with E-state index in [0.29, 0.717) is 25.8 Å². The van der Waals surface area contributed by atoms with E-state index >= 15 is 0 Å². The molecule has 3 atom stereocenters. The van der Waals surface area contributed by atoms with E-state index in [2.05, 4.69) is 40.5 Å². The van der Waals surface area contributed by atoms with Crippen molar-refractivity contribution in [2.24, 2.45) is 0 Å².